The van der Waals surface area contributed by atoms with E-state index in [1.54, 1.807) is 43.5 Å². The lowest BCUT2D eigenvalue weighted by Crippen LogP contribution is -2.36. The summed E-state index contributed by atoms with van der Waals surface area (Å²) >= 11 is 0. The fourth-order valence-electron chi connectivity index (χ4n) is 3.22. The minimum absolute atomic E-state index is 0.118. The molecule has 0 spiro atoms. The van der Waals surface area contributed by atoms with Gasteiger partial charge in [-0.3, -0.25) is 9.59 Å². The van der Waals surface area contributed by atoms with Crippen LogP contribution in [0.4, 0.5) is 5.69 Å². The number of carbonyl (C=O) groups is 2. The van der Waals surface area contributed by atoms with E-state index in [4.69, 9.17) is 4.74 Å². The van der Waals surface area contributed by atoms with Crippen LogP contribution in [0.1, 0.15) is 52.8 Å². The van der Waals surface area contributed by atoms with Crippen molar-refractivity contribution in [2.24, 2.45) is 0 Å². The molecule has 0 radical (unpaired) electrons. The molecule has 5 heteroatoms. The number of rotatable bonds is 5. The number of ether oxygens (including phenoxy) is 1. The van der Waals surface area contributed by atoms with Crippen LogP contribution >= 0.6 is 0 Å². The Bertz CT molecular complexity index is 782. The van der Waals surface area contributed by atoms with Gasteiger partial charge in [-0.1, -0.05) is 31.4 Å². The zero-order valence-corrected chi connectivity index (χ0v) is 15.0. The third-order valence-corrected chi connectivity index (χ3v) is 4.65. The summed E-state index contributed by atoms with van der Waals surface area (Å²) in [6, 6.07) is 14.2. The van der Waals surface area contributed by atoms with E-state index in [1.165, 1.54) is 6.42 Å². The van der Waals surface area contributed by atoms with Gasteiger partial charge in [0.25, 0.3) is 11.8 Å². The van der Waals surface area contributed by atoms with Crippen LogP contribution in [0.3, 0.4) is 0 Å². The summed E-state index contributed by atoms with van der Waals surface area (Å²) in [6.07, 6.45) is 5.62. The van der Waals surface area contributed by atoms with Crippen LogP contribution in [0.15, 0.2) is 48.5 Å². The predicted molar refractivity (Wildman–Crippen MR) is 102 cm³/mol. The van der Waals surface area contributed by atoms with Gasteiger partial charge < -0.3 is 15.4 Å². The highest BCUT2D eigenvalue weighted by molar-refractivity contribution is 6.06. The number of hydrogen-bond donors (Lipinski definition) is 2. The van der Waals surface area contributed by atoms with Crippen molar-refractivity contribution >= 4 is 17.5 Å². The monoisotopic (exact) mass is 352 g/mol. The maximum absolute atomic E-state index is 12.5. The topological polar surface area (TPSA) is 67.4 Å². The Morgan fingerprint density at radius 1 is 0.923 bits per heavy atom. The Labute approximate surface area is 153 Å². The second-order valence-corrected chi connectivity index (χ2v) is 6.58. The minimum atomic E-state index is -0.259. The van der Waals surface area contributed by atoms with Crippen LogP contribution in [0.5, 0.6) is 5.75 Å². The molecule has 1 aliphatic rings. The Balaban J connectivity index is 1.67. The number of nitrogens with one attached hydrogen (secondary N) is 2. The number of anilines is 1. The average Bonchev–Trinajstić information content (AvgIpc) is 2.69. The molecule has 0 atom stereocenters. The van der Waals surface area contributed by atoms with E-state index in [1.807, 2.05) is 12.1 Å². The van der Waals surface area contributed by atoms with Gasteiger partial charge in [0.05, 0.1) is 7.11 Å². The van der Waals surface area contributed by atoms with Gasteiger partial charge in [-0.15, -0.1) is 0 Å². The number of methoxy groups -OCH3 is 1. The van der Waals surface area contributed by atoms with E-state index in [-0.39, 0.29) is 17.9 Å². The second kappa shape index (κ2) is 8.52. The molecule has 5 nitrogen and oxygen atoms in total. The normalized spacial score (nSPS) is 14.5. The highest BCUT2D eigenvalue weighted by Crippen LogP contribution is 2.19. The summed E-state index contributed by atoms with van der Waals surface area (Å²) in [5.41, 5.74) is 1.60. The van der Waals surface area contributed by atoms with Crippen molar-refractivity contribution in [2.75, 3.05) is 12.4 Å². The smallest absolute Gasteiger partial charge is 0.255 e. The van der Waals surface area contributed by atoms with Crippen LogP contribution < -0.4 is 15.4 Å². The third kappa shape index (κ3) is 4.63. The van der Waals surface area contributed by atoms with E-state index in [0.29, 0.717) is 22.6 Å². The summed E-state index contributed by atoms with van der Waals surface area (Å²) < 4.78 is 5.16. The average molecular weight is 352 g/mol. The van der Waals surface area contributed by atoms with Gasteiger partial charge in [0.2, 0.25) is 0 Å². The Morgan fingerprint density at radius 3 is 2.35 bits per heavy atom. The minimum Gasteiger partial charge on any atom is -0.497 e. The van der Waals surface area contributed by atoms with Gasteiger partial charge in [-0.2, -0.15) is 0 Å². The summed E-state index contributed by atoms with van der Waals surface area (Å²) in [4.78, 5) is 25.0. The molecule has 0 unspecified atom stereocenters. The van der Waals surface area contributed by atoms with E-state index in [2.05, 4.69) is 10.6 Å². The van der Waals surface area contributed by atoms with Crippen LogP contribution in [0, 0.1) is 0 Å². The van der Waals surface area contributed by atoms with E-state index >= 15 is 0 Å². The Kier molecular flexibility index (Phi) is 5.89. The molecule has 2 aromatic carbocycles. The quantitative estimate of drug-likeness (QED) is 0.854. The van der Waals surface area contributed by atoms with Crippen molar-refractivity contribution in [3.8, 4) is 5.75 Å². The lowest BCUT2D eigenvalue weighted by Gasteiger charge is -2.22. The molecule has 26 heavy (non-hydrogen) atoms. The number of hydrogen-bond acceptors (Lipinski definition) is 3. The van der Waals surface area contributed by atoms with Gasteiger partial charge in [-0.25, -0.2) is 0 Å². The number of benzene rings is 2. The first-order valence-electron chi connectivity index (χ1n) is 9.02. The standard InChI is InChI=1S/C21H24N2O3/c1-26-19-12-6-11-18(14-19)23-21(25)16-8-5-7-15(13-16)20(24)22-17-9-3-2-4-10-17/h5-8,11-14,17H,2-4,9-10H2,1H3,(H,22,24)(H,23,25). The molecule has 0 bridgehead atoms. The van der Waals surface area contributed by atoms with Crippen molar-refractivity contribution in [1.29, 1.82) is 0 Å². The third-order valence-electron chi connectivity index (χ3n) is 4.65. The van der Waals surface area contributed by atoms with Crippen molar-refractivity contribution in [3.63, 3.8) is 0 Å². The zero-order chi connectivity index (χ0) is 18.4. The van der Waals surface area contributed by atoms with E-state index in [0.717, 1.165) is 25.7 Å². The van der Waals surface area contributed by atoms with Crippen molar-refractivity contribution < 1.29 is 14.3 Å². The molecule has 0 aromatic heterocycles. The molecule has 2 amide bonds. The van der Waals surface area contributed by atoms with Crippen LogP contribution in [0.2, 0.25) is 0 Å². The molecule has 1 fully saturated rings. The zero-order valence-electron chi connectivity index (χ0n) is 15.0. The van der Waals surface area contributed by atoms with Crippen molar-refractivity contribution in [3.05, 3.63) is 59.7 Å². The lowest BCUT2D eigenvalue weighted by molar-refractivity contribution is 0.0927. The largest absolute Gasteiger partial charge is 0.497 e. The van der Waals surface area contributed by atoms with E-state index in [9.17, 15) is 9.59 Å². The molecule has 0 saturated heterocycles. The van der Waals surface area contributed by atoms with Crippen LogP contribution in [-0.4, -0.2) is 25.0 Å². The molecule has 1 aliphatic carbocycles. The number of carbonyl (C=O) groups excluding carboxylic acids is 2. The molecule has 3 rings (SSSR count). The van der Waals surface area contributed by atoms with Gasteiger partial charge in [-0.05, 0) is 43.2 Å². The van der Waals surface area contributed by atoms with Gasteiger partial charge in [0.15, 0.2) is 0 Å². The maximum atomic E-state index is 12.5. The summed E-state index contributed by atoms with van der Waals surface area (Å²) in [5.74, 6) is 0.293. The summed E-state index contributed by atoms with van der Waals surface area (Å²) in [5, 5.41) is 5.91. The summed E-state index contributed by atoms with van der Waals surface area (Å²) in [7, 11) is 1.58. The Hall–Kier alpha value is -2.82. The molecule has 2 N–H and O–H groups in total. The van der Waals surface area contributed by atoms with Crippen molar-refractivity contribution in [2.45, 2.75) is 38.1 Å². The molecular weight excluding hydrogens is 328 g/mol. The SMILES string of the molecule is COc1cccc(NC(=O)c2cccc(C(=O)NC3CCCCC3)c2)c1. The highest BCUT2D eigenvalue weighted by atomic mass is 16.5. The van der Waals surface area contributed by atoms with Crippen LogP contribution in [-0.2, 0) is 0 Å². The van der Waals surface area contributed by atoms with Gasteiger partial charge >= 0.3 is 0 Å². The molecule has 0 aliphatic heterocycles. The van der Waals surface area contributed by atoms with Crippen molar-refractivity contribution in [1.82, 2.24) is 5.32 Å². The molecule has 136 valence electrons. The van der Waals surface area contributed by atoms with Gasteiger partial charge in [0.1, 0.15) is 5.75 Å². The molecule has 0 heterocycles. The molecule has 1 saturated carbocycles. The lowest BCUT2D eigenvalue weighted by atomic mass is 9.95. The van der Waals surface area contributed by atoms with E-state index < -0.39 is 0 Å². The molecular formula is C21H24N2O3. The predicted octanol–water partition coefficient (Wildman–Crippen LogP) is 4.01. The second-order valence-electron chi connectivity index (χ2n) is 6.58. The van der Waals surface area contributed by atoms with Gasteiger partial charge in [0, 0.05) is 28.9 Å². The number of amides is 2. The fourth-order valence-corrected chi connectivity index (χ4v) is 3.22. The van der Waals surface area contributed by atoms with Crippen LogP contribution in [0.25, 0.3) is 0 Å². The Morgan fingerprint density at radius 2 is 1.62 bits per heavy atom. The summed E-state index contributed by atoms with van der Waals surface area (Å²) in [6.45, 7) is 0. The first-order chi connectivity index (χ1) is 12.7. The fraction of sp³-hybridized carbons (Fsp3) is 0.333. The molecule has 2 aromatic rings. The highest BCUT2D eigenvalue weighted by Gasteiger charge is 2.17. The maximum Gasteiger partial charge on any atom is 0.255 e. The first-order valence-corrected chi connectivity index (χ1v) is 9.02. The first kappa shape index (κ1) is 18.0.